The van der Waals surface area contributed by atoms with Crippen molar-refractivity contribution in [1.82, 2.24) is 19.7 Å². The number of aromatic amines is 1. The number of hydrogen-bond acceptors (Lipinski definition) is 7. The smallest absolute Gasteiger partial charge is 0.418 e. The van der Waals surface area contributed by atoms with Crippen molar-refractivity contribution in [3.05, 3.63) is 95.8 Å². The molecule has 14 heteroatoms. The minimum absolute atomic E-state index is 0.0142. The number of benzene rings is 2. The molecular formula is C28H25F4N7O3. The molecule has 2 aromatic carbocycles. The normalized spacial score (nSPS) is 16.6. The molecule has 1 aliphatic rings. The van der Waals surface area contributed by atoms with Crippen molar-refractivity contribution in [3.8, 4) is 11.4 Å². The number of hydrogen-bond donors (Lipinski definition) is 3. The van der Waals surface area contributed by atoms with Gasteiger partial charge in [0.2, 0.25) is 5.88 Å². The second kappa shape index (κ2) is 11.8. The Morgan fingerprint density at radius 1 is 1.17 bits per heavy atom. The lowest BCUT2D eigenvalue weighted by Gasteiger charge is -2.22. The van der Waals surface area contributed by atoms with E-state index < -0.39 is 23.5 Å². The van der Waals surface area contributed by atoms with Gasteiger partial charge in [-0.3, -0.25) is 9.89 Å². The summed E-state index contributed by atoms with van der Waals surface area (Å²) in [5.74, 6) is -0.539. The molecule has 0 bridgehead atoms. The molecule has 0 aliphatic carbocycles. The number of carbonyl (C=O) groups is 1. The van der Waals surface area contributed by atoms with Crippen LogP contribution in [0.25, 0.3) is 5.69 Å². The summed E-state index contributed by atoms with van der Waals surface area (Å²) in [5.41, 5.74) is -0.688. The number of halogens is 4. The summed E-state index contributed by atoms with van der Waals surface area (Å²) in [4.78, 5) is 20.8. The van der Waals surface area contributed by atoms with Crippen LogP contribution in [-0.4, -0.2) is 45.0 Å². The molecule has 42 heavy (non-hydrogen) atoms. The topological polar surface area (TPSA) is 118 Å². The quantitative estimate of drug-likeness (QED) is 0.222. The molecule has 2 atom stereocenters. The number of nitrogens with one attached hydrogen (secondary N) is 3. The van der Waals surface area contributed by atoms with E-state index in [0.717, 1.165) is 12.1 Å². The third-order valence-electron chi connectivity index (χ3n) is 6.41. The molecule has 10 nitrogen and oxygen atoms in total. The van der Waals surface area contributed by atoms with Crippen LogP contribution in [0.15, 0.2) is 78.1 Å². The van der Waals surface area contributed by atoms with Gasteiger partial charge in [0.1, 0.15) is 12.4 Å². The first kappa shape index (κ1) is 28.4. The Kier molecular flexibility index (Phi) is 7.95. The first-order valence-electron chi connectivity index (χ1n) is 12.6. The molecule has 218 valence electrons. The minimum atomic E-state index is -4.69. The second-order valence-electron chi connectivity index (χ2n) is 9.38. The Hall–Kier alpha value is -5.14. The van der Waals surface area contributed by atoms with Crippen LogP contribution in [0.5, 0.6) is 5.75 Å². The second-order valence-corrected chi connectivity index (χ2v) is 9.38. The molecule has 4 aromatic rings. The van der Waals surface area contributed by atoms with E-state index in [1.807, 2.05) is 13.0 Å². The van der Waals surface area contributed by atoms with E-state index in [9.17, 15) is 22.4 Å². The van der Waals surface area contributed by atoms with Crippen molar-refractivity contribution < 1.29 is 31.8 Å². The summed E-state index contributed by atoms with van der Waals surface area (Å²) in [6.07, 6.45) is 2.89. The van der Waals surface area contributed by atoms with Gasteiger partial charge in [-0.25, -0.2) is 14.4 Å². The van der Waals surface area contributed by atoms with Crippen molar-refractivity contribution >= 4 is 23.6 Å². The Labute approximate surface area is 237 Å². The number of imidazole rings is 1. The lowest BCUT2D eigenvalue weighted by Crippen LogP contribution is -2.30. The number of nitrogens with zero attached hydrogens (tertiary/aromatic N) is 4. The maximum absolute atomic E-state index is 14.5. The highest BCUT2D eigenvalue weighted by molar-refractivity contribution is 6.04. The Balaban J connectivity index is 1.24. The summed E-state index contributed by atoms with van der Waals surface area (Å²) < 4.78 is 67.6. The number of rotatable bonds is 9. The number of carbonyl (C=O) groups excluding carboxylic acids is 1. The van der Waals surface area contributed by atoms with Crippen molar-refractivity contribution in [3.63, 3.8) is 0 Å². The molecule has 0 saturated heterocycles. The zero-order valence-electron chi connectivity index (χ0n) is 22.3. The highest BCUT2D eigenvalue weighted by Gasteiger charge is 2.34. The van der Waals surface area contributed by atoms with Crippen molar-refractivity contribution in [2.24, 2.45) is 10.9 Å². The lowest BCUT2D eigenvalue weighted by atomic mass is 10.0. The van der Waals surface area contributed by atoms with Gasteiger partial charge in [0.05, 0.1) is 36.4 Å². The molecule has 3 heterocycles. The van der Waals surface area contributed by atoms with Crippen molar-refractivity contribution in [2.45, 2.75) is 25.7 Å². The minimum Gasteiger partial charge on any atom is -0.484 e. The van der Waals surface area contributed by atoms with Gasteiger partial charge in [0.25, 0.3) is 5.91 Å². The van der Waals surface area contributed by atoms with E-state index in [1.54, 1.807) is 19.4 Å². The SMILES string of the molecule is COC1=CC(C)C(Nc2cc(COc3cc(C(=O)Nc4ccc(-n5ccnc5)c(C(F)(F)F)c4)ccc3F)[nH]n2)C=N1. The summed E-state index contributed by atoms with van der Waals surface area (Å²) in [6.45, 7) is 1.90. The summed E-state index contributed by atoms with van der Waals surface area (Å²) in [6, 6.07) is 8.37. The van der Waals surface area contributed by atoms with E-state index in [4.69, 9.17) is 9.47 Å². The fourth-order valence-corrected chi connectivity index (χ4v) is 4.21. The van der Waals surface area contributed by atoms with Gasteiger partial charge < -0.3 is 24.7 Å². The average Bonchev–Trinajstić information content (AvgIpc) is 3.66. The van der Waals surface area contributed by atoms with Gasteiger partial charge in [-0.2, -0.15) is 18.3 Å². The predicted octanol–water partition coefficient (Wildman–Crippen LogP) is 5.57. The molecule has 0 saturated carbocycles. The van der Waals surface area contributed by atoms with E-state index >= 15 is 0 Å². The van der Waals surface area contributed by atoms with E-state index in [2.05, 4.69) is 30.8 Å². The summed E-state index contributed by atoms with van der Waals surface area (Å²) >= 11 is 0. The zero-order chi connectivity index (χ0) is 29.9. The number of methoxy groups -OCH3 is 1. The summed E-state index contributed by atoms with van der Waals surface area (Å²) in [5, 5.41) is 12.6. The number of ether oxygens (including phenoxy) is 2. The van der Waals surface area contributed by atoms with Crippen molar-refractivity contribution in [2.75, 3.05) is 17.7 Å². The van der Waals surface area contributed by atoms with Crippen LogP contribution in [0.2, 0.25) is 0 Å². The molecule has 2 aromatic heterocycles. The highest BCUT2D eigenvalue weighted by Crippen LogP contribution is 2.36. The average molecular weight is 584 g/mol. The van der Waals surface area contributed by atoms with E-state index in [-0.39, 0.29) is 41.3 Å². The molecule has 5 rings (SSSR count). The van der Waals surface area contributed by atoms with Crippen LogP contribution in [0, 0.1) is 11.7 Å². The Bertz CT molecular complexity index is 1630. The van der Waals surface area contributed by atoms with Gasteiger partial charge in [0.15, 0.2) is 11.6 Å². The third-order valence-corrected chi connectivity index (χ3v) is 6.41. The van der Waals surface area contributed by atoms with Crippen LogP contribution >= 0.6 is 0 Å². The third kappa shape index (κ3) is 6.43. The first-order valence-corrected chi connectivity index (χ1v) is 12.6. The largest absolute Gasteiger partial charge is 0.484 e. The van der Waals surface area contributed by atoms with Gasteiger partial charge in [-0.15, -0.1) is 0 Å². The Morgan fingerprint density at radius 3 is 2.71 bits per heavy atom. The van der Waals surface area contributed by atoms with Crippen LogP contribution in [-0.2, 0) is 17.5 Å². The van der Waals surface area contributed by atoms with Gasteiger partial charge in [0, 0.05) is 41.8 Å². The number of alkyl halides is 3. The molecule has 1 aliphatic heterocycles. The molecule has 3 N–H and O–H groups in total. The molecular weight excluding hydrogens is 558 g/mol. The standard InChI is InChI=1S/C28H25F4N7O3/c1-16-9-26(41-2)34-13-22(16)36-25-12-19(37-38-25)14-42-24-10-17(3-5-21(24)29)27(40)35-18-4-6-23(39-8-7-33-15-39)20(11-18)28(30,31)32/h3-13,15-16,22H,14H2,1-2H3,(H,35,40)(H2,36,37,38). The van der Waals surface area contributed by atoms with Gasteiger partial charge >= 0.3 is 6.18 Å². The van der Waals surface area contributed by atoms with Crippen LogP contribution < -0.4 is 15.4 Å². The van der Waals surface area contributed by atoms with Gasteiger partial charge in [-0.05, 0) is 42.5 Å². The van der Waals surface area contributed by atoms with E-state index in [0.29, 0.717) is 17.4 Å². The van der Waals surface area contributed by atoms with E-state index in [1.165, 1.54) is 47.6 Å². The number of anilines is 2. The molecule has 0 radical (unpaired) electrons. The highest BCUT2D eigenvalue weighted by atomic mass is 19.4. The van der Waals surface area contributed by atoms with Crippen molar-refractivity contribution in [1.29, 1.82) is 0 Å². The monoisotopic (exact) mass is 583 g/mol. The van der Waals surface area contributed by atoms with Crippen LogP contribution in [0.1, 0.15) is 28.5 Å². The number of aliphatic imine (C=N–C) groups is 1. The fraction of sp³-hybridized carbons (Fsp3) is 0.214. The maximum Gasteiger partial charge on any atom is 0.418 e. The van der Waals surface area contributed by atoms with Crippen LogP contribution in [0.3, 0.4) is 0 Å². The number of aromatic nitrogens is 4. The molecule has 0 spiro atoms. The zero-order valence-corrected chi connectivity index (χ0v) is 22.3. The molecule has 2 unspecified atom stereocenters. The molecule has 0 fully saturated rings. The number of H-pyrrole nitrogens is 1. The molecule has 1 amide bonds. The fourth-order valence-electron chi connectivity index (χ4n) is 4.21. The number of amides is 1. The maximum atomic E-state index is 14.5. The first-order chi connectivity index (χ1) is 20.1. The lowest BCUT2D eigenvalue weighted by molar-refractivity contribution is -0.137. The predicted molar refractivity (Wildman–Crippen MR) is 146 cm³/mol. The van der Waals surface area contributed by atoms with Gasteiger partial charge in [-0.1, -0.05) is 6.92 Å². The summed E-state index contributed by atoms with van der Waals surface area (Å²) in [7, 11) is 1.55. The van der Waals surface area contributed by atoms with Crippen LogP contribution in [0.4, 0.5) is 29.1 Å². The Morgan fingerprint density at radius 2 is 2.00 bits per heavy atom.